The maximum Gasteiger partial charge on any atom is 0.152 e. The lowest BCUT2D eigenvalue weighted by molar-refractivity contribution is 0.590. The molecule has 0 aliphatic rings. The minimum Gasteiger partial charge on any atom is -0.245 e. The number of halogens is 2. The fourth-order valence-corrected chi connectivity index (χ4v) is 1.93. The molecule has 0 N–H and O–H groups in total. The van der Waals surface area contributed by atoms with Crippen LogP contribution in [0, 0.1) is 11.6 Å². The summed E-state index contributed by atoms with van der Waals surface area (Å²) in [7, 11) is 0. The van der Waals surface area contributed by atoms with E-state index in [1.54, 1.807) is 12.1 Å². The molecule has 1 aromatic heterocycles. The summed E-state index contributed by atoms with van der Waals surface area (Å²) >= 11 is 0. The first kappa shape index (κ1) is 10.8. The van der Waals surface area contributed by atoms with Crippen LogP contribution in [-0.2, 0) is 0 Å². The summed E-state index contributed by atoms with van der Waals surface area (Å²) in [5.41, 5.74) is 1.77. The van der Waals surface area contributed by atoms with Crippen LogP contribution in [-0.4, -0.2) is 4.98 Å². The summed E-state index contributed by atoms with van der Waals surface area (Å²) < 4.78 is 26.7. The van der Waals surface area contributed by atoms with E-state index in [2.05, 4.69) is 4.98 Å². The van der Waals surface area contributed by atoms with E-state index < -0.39 is 11.6 Å². The monoisotopic (exact) mass is 241 g/mol. The van der Waals surface area contributed by atoms with Crippen LogP contribution in [0.25, 0.3) is 22.2 Å². The normalized spacial score (nSPS) is 10.8. The minimum atomic E-state index is -0.636. The first-order chi connectivity index (χ1) is 8.74. The molecule has 0 spiro atoms. The molecule has 3 heteroatoms. The Morgan fingerprint density at radius 2 is 1.61 bits per heavy atom. The highest BCUT2D eigenvalue weighted by molar-refractivity contribution is 5.82. The van der Waals surface area contributed by atoms with E-state index >= 15 is 0 Å². The van der Waals surface area contributed by atoms with E-state index in [-0.39, 0.29) is 5.52 Å². The Labute approximate surface area is 103 Å². The van der Waals surface area contributed by atoms with Gasteiger partial charge >= 0.3 is 0 Å². The van der Waals surface area contributed by atoms with Gasteiger partial charge in [-0.15, -0.1) is 0 Å². The van der Waals surface area contributed by atoms with Gasteiger partial charge in [-0.25, -0.2) is 13.8 Å². The second-order valence-electron chi connectivity index (χ2n) is 4.02. The van der Waals surface area contributed by atoms with Gasteiger partial charge in [-0.3, -0.25) is 0 Å². The molecule has 0 amide bonds. The van der Waals surface area contributed by atoms with Crippen molar-refractivity contribution < 1.29 is 8.78 Å². The quantitative estimate of drug-likeness (QED) is 0.622. The maximum atomic E-state index is 13.6. The van der Waals surface area contributed by atoms with Gasteiger partial charge in [-0.05, 0) is 12.1 Å². The molecule has 1 heterocycles. The average molecular weight is 241 g/mol. The average Bonchev–Trinajstić information content (AvgIpc) is 2.39. The van der Waals surface area contributed by atoms with Crippen LogP contribution in [0.4, 0.5) is 8.78 Å². The third-order valence-electron chi connectivity index (χ3n) is 2.78. The van der Waals surface area contributed by atoms with Crippen LogP contribution in [0.1, 0.15) is 0 Å². The predicted octanol–water partition coefficient (Wildman–Crippen LogP) is 4.18. The van der Waals surface area contributed by atoms with E-state index in [9.17, 15) is 8.78 Å². The van der Waals surface area contributed by atoms with E-state index in [4.69, 9.17) is 0 Å². The number of nitrogens with zero attached hydrogens (tertiary/aromatic N) is 1. The highest BCUT2D eigenvalue weighted by atomic mass is 19.1. The number of rotatable bonds is 1. The summed E-state index contributed by atoms with van der Waals surface area (Å²) in [4.78, 5) is 4.24. The number of hydrogen-bond donors (Lipinski definition) is 0. The molecule has 0 aliphatic heterocycles. The molecule has 18 heavy (non-hydrogen) atoms. The lowest BCUT2D eigenvalue weighted by atomic mass is 10.1. The number of pyridine rings is 1. The summed E-state index contributed by atoms with van der Waals surface area (Å²) in [6.45, 7) is 0. The fourth-order valence-electron chi connectivity index (χ4n) is 1.93. The molecule has 88 valence electrons. The molecular formula is C15H9F2N. The Bertz CT molecular complexity index is 708. The molecule has 0 bridgehead atoms. The van der Waals surface area contributed by atoms with Gasteiger partial charge in [0.2, 0.25) is 0 Å². The van der Waals surface area contributed by atoms with Gasteiger partial charge in [-0.1, -0.05) is 36.4 Å². The van der Waals surface area contributed by atoms with Crippen molar-refractivity contribution in [3.63, 3.8) is 0 Å². The van der Waals surface area contributed by atoms with Crippen LogP contribution in [0.15, 0.2) is 54.6 Å². The van der Waals surface area contributed by atoms with E-state index in [0.717, 1.165) is 11.6 Å². The van der Waals surface area contributed by atoms with E-state index in [0.29, 0.717) is 11.1 Å². The Morgan fingerprint density at radius 3 is 2.39 bits per heavy atom. The molecule has 3 rings (SSSR count). The molecule has 0 saturated heterocycles. The van der Waals surface area contributed by atoms with Gasteiger partial charge in [-0.2, -0.15) is 0 Å². The molecule has 3 aromatic rings. The van der Waals surface area contributed by atoms with Crippen molar-refractivity contribution in [2.75, 3.05) is 0 Å². The van der Waals surface area contributed by atoms with E-state index in [1.165, 1.54) is 6.07 Å². The van der Waals surface area contributed by atoms with Gasteiger partial charge < -0.3 is 0 Å². The van der Waals surface area contributed by atoms with Gasteiger partial charge in [0, 0.05) is 17.0 Å². The number of aromatic nitrogens is 1. The number of benzene rings is 2. The predicted molar refractivity (Wildman–Crippen MR) is 67.1 cm³/mol. The van der Waals surface area contributed by atoms with Crippen LogP contribution < -0.4 is 0 Å². The summed E-state index contributed by atoms with van der Waals surface area (Å²) in [5, 5.41) is 0.465. The summed E-state index contributed by atoms with van der Waals surface area (Å²) in [6, 6.07) is 15.0. The second-order valence-corrected chi connectivity index (χ2v) is 4.02. The standard InChI is InChI=1S/C15H9F2N/c16-12-8-11-6-7-14(10-4-2-1-3-5-10)18-15(11)13(17)9-12/h1-9H. The lowest BCUT2D eigenvalue weighted by Gasteiger charge is -2.04. The van der Waals surface area contributed by atoms with Gasteiger partial charge in [0.25, 0.3) is 0 Å². The number of hydrogen-bond acceptors (Lipinski definition) is 1. The summed E-state index contributed by atoms with van der Waals surface area (Å²) in [5.74, 6) is -1.22. The largest absolute Gasteiger partial charge is 0.245 e. The Morgan fingerprint density at radius 1 is 0.833 bits per heavy atom. The van der Waals surface area contributed by atoms with Crippen molar-refractivity contribution >= 4 is 10.9 Å². The van der Waals surface area contributed by atoms with Crippen molar-refractivity contribution in [3.05, 3.63) is 66.2 Å². The lowest BCUT2D eigenvalue weighted by Crippen LogP contribution is -1.90. The van der Waals surface area contributed by atoms with Crippen molar-refractivity contribution in [2.45, 2.75) is 0 Å². The third-order valence-corrected chi connectivity index (χ3v) is 2.78. The Balaban J connectivity index is 2.23. The molecule has 0 saturated carbocycles. The highest BCUT2D eigenvalue weighted by Crippen LogP contribution is 2.23. The molecule has 2 aromatic carbocycles. The first-order valence-electron chi connectivity index (χ1n) is 5.55. The van der Waals surface area contributed by atoms with Gasteiger partial charge in [0.15, 0.2) is 5.82 Å². The fraction of sp³-hybridized carbons (Fsp3) is 0. The van der Waals surface area contributed by atoms with Crippen LogP contribution in [0.3, 0.4) is 0 Å². The smallest absolute Gasteiger partial charge is 0.152 e. The molecule has 0 unspecified atom stereocenters. The van der Waals surface area contributed by atoms with Crippen LogP contribution >= 0.6 is 0 Å². The molecular weight excluding hydrogens is 232 g/mol. The SMILES string of the molecule is Fc1cc(F)c2nc(-c3ccccc3)ccc2c1. The molecule has 0 atom stereocenters. The topological polar surface area (TPSA) is 12.9 Å². The third kappa shape index (κ3) is 1.84. The van der Waals surface area contributed by atoms with Crippen molar-refractivity contribution in [1.29, 1.82) is 0 Å². The first-order valence-corrected chi connectivity index (χ1v) is 5.55. The van der Waals surface area contributed by atoms with Gasteiger partial charge in [0.05, 0.1) is 5.69 Å². The van der Waals surface area contributed by atoms with Gasteiger partial charge in [0.1, 0.15) is 11.3 Å². The minimum absolute atomic E-state index is 0.192. The number of fused-ring (bicyclic) bond motifs is 1. The Kier molecular flexibility index (Phi) is 2.52. The zero-order chi connectivity index (χ0) is 12.5. The molecule has 0 aliphatic carbocycles. The molecule has 0 fully saturated rings. The zero-order valence-corrected chi connectivity index (χ0v) is 9.40. The highest BCUT2D eigenvalue weighted by Gasteiger charge is 2.07. The second kappa shape index (κ2) is 4.18. The van der Waals surface area contributed by atoms with Crippen molar-refractivity contribution in [3.8, 4) is 11.3 Å². The molecule has 1 nitrogen and oxygen atoms in total. The summed E-state index contributed by atoms with van der Waals surface area (Å²) in [6.07, 6.45) is 0. The van der Waals surface area contributed by atoms with E-state index in [1.807, 2.05) is 30.3 Å². The molecule has 0 radical (unpaired) electrons. The van der Waals surface area contributed by atoms with Crippen LogP contribution in [0.5, 0.6) is 0 Å². The Hall–Kier alpha value is -2.29. The zero-order valence-electron chi connectivity index (χ0n) is 9.40. The van der Waals surface area contributed by atoms with Crippen LogP contribution in [0.2, 0.25) is 0 Å². The maximum absolute atomic E-state index is 13.6. The van der Waals surface area contributed by atoms with Crippen molar-refractivity contribution in [1.82, 2.24) is 4.98 Å². The van der Waals surface area contributed by atoms with Crippen molar-refractivity contribution in [2.24, 2.45) is 0 Å².